The zero-order valence-electron chi connectivity index (χ0n) is 10.6. The minimum atomic E-state index is -0.983. The van der Waals surface area contributed by atoms with Gasteiger partial charge in [0.1, 0.15) is 16.0 Å². The van der Waals surface area contributed by atoms with Gasteiger partial charge in [0.2, 0.25) is 5.91 Å². The predicted octanol–water partition coefficient (Wildman–Crippen LogP) is 1.34. The van der Waals surface area contributed by atoms with Crippen molar-refractivity contribution in [3.05, 3.63) is 15.6 Å². The molecule has 0 aromatic carbocycles. The fraction of sp³-hybridized carbons (Fsp3) is 0.583. The van der Waals surface area contributed by atoms with Crippen molar-refractivity contribution in [2.45, 2.75) is 38.8 Å². The van der Waals surface area contributed by atoms with Gasteiger partial charge in [-0.05, 0) is 26.2 Å². The molecule has 2 heterocycles. The number of carboxylic acid groups (broad SMARTS) is 1. The number of nitrogens with zero attached hydrogens (tertiary/aromatic N) is 1. The summed E-state index contributed by atoms with van der Waals surface area (Å²) < 4.78 is 5.37. The van der Waals surface area contributed by atoms with Crippen molar-refractivity contribution in [1.82, 2.24) is 10.3 Å². The highest BCUT2D eigenvalue weighted by Gasteiger charge is 2.22. The summed E-state index contributed by atoms with van der Waals surface area (Å²) in [4.78, 5) is 27.1. The van der Waals surface area contributed by atoms with Crippen LogP contribution in [0.4, 0.5) is 0 Å². The summed E-state index contributed by atoms with van der Waals surface area (Å²) in [5.41, 5.74) is 0.482. The second-order valence-electron chi connectivity index (χ2n) is 4.40. The number of aromatic nitrogens is 1. The standard InChI is InChI=1S/C12H16N2O4S/c1-7-10(12(16)17)19-9(14-7)6-13-11(15)8-4-2-3-5-18-8/h8H,2-6H2,1H3,(H,13,15)(H,16,17). The molecular weight excluding hydrogens is 268 g/mol. The summed E-state index contributed by atoms with van der Waals surface area (Å²) in [6.45, 7) is 2.52. The number of amides is 1. The molecule has 104 valence electrons. The van der Waals surface area contributed by atoms with Crippen LogP contribution >= 0.6 is 11.3 Å². The lowest BCUT2D eigenvalue weighted by atomic mass is 10.1. The summed E-state index contributed by atoms with van der Waals surface area (Å²) in [6, 6.07) is 0. The third-order valence-corrected chi connectivity index (χ3v) is 4.07. The van der Waals surface area contributed by atoms with Crippen molar-refractivity contribution >= 4 is 23.2 Å². The Hall–Kier alpha value is -1.47. The third-order valence-electron chi connectivity index (χ3n) is 2.92. The molecule has 1 fully saturated rings. The molecular formula is C12H16N2O4S. The molecule has 1 unspecified atom stereocenters. The maximum absolute atomic E-state index is 11.8. The number of carbonyl (C=O) groups is 2. The number of aryl methyl sites for hydroxylation is 1. The van der Waals surface area contributed by atoms with Crippen molar-refractivity contribution in [3.63, 3.8) is 0 Å². The number of carboxylic acids is 1. The third kappa shape index (κ3) is 3.51. The minimum Gasteiger partial charge on any atom is -0.477 e. The van der Waals surface area contributed by atoms with Crippen LogP contribution in [0.2, 0.25) is 0 Å². The monoisotopic (exact) mass is 284 g/mol. The van der Waals surface area contributed by atoms with Gasteiger partial charge in [0.15, 0.2) is 0 Å². The molecule has 1 aliphatic heterocycles. The van der Waals surface area contributed by atoms with Crippen LogP contribution in [0.15, 0.2) is 0 Å². The number of hydrogen-bond acceptors (Lipinski definition) is 5. The zero-order valence-corrected chi connectivity index (χ0v) is 11.5. The molecule has 1 amide bonds. The number of hydrogen-bond donors (Lipinski definition) is 2. The van der Waals surface area contributed by atoms with Crippen LogP contribution in [0.3, 0.4) is 0 Å². The number of ether oxygens (including phenoxy) is 1. The maximum atomic E-state index is 11.8. The summed E-state index contributed by atoms with van der Waals surface area (Å²) in [5, 5.41) is 12.3. The predicted molar refractivity (Wildman–Crippen MR) is 69.2 cm³/mol. The molecule has 1 saturated heterocycles. The quantitative estimate of drug-likeness (QED) is 0.871. The highest BCUT2D eigenvalue weighted by molar-refractivity contribution is 7.13. The van der Waals surface area contributed by atoms with E-state index in [1.165, 1.54) is 0 Å². The number of rotatable bonds is 4. The zero-order chi connectivity index (χ0) is 13.8. The molecule has 1 aliphatic rings. The van der Waals surface area contributed by atoms with Crippen LogP contribution in [-0.2, 0) is 16.1 Å². The molecule has 1 aromatic rings. The molecule has 0 radical (unpaired) electrons. The average molecular weight is 284 g/mol. The van der Waals surface area contributed by atoms with E-state index in [2.05, 4.69) is 10.3 Å². The first-order chi connectivity index (χ1) is 9.08. The number of thiazole rings is 1. The maximum Gasteiger partial charge on any atom is 0.347 e. The van der Waals surface area contributed by atoms with Gasteiger partial charge in [-0.15, -0.1) is 11.3 Å². The lowest BCUT2D eigenvalue weighted by Gasteiger charge is -2.21. The molecule has 2 N–H and O–H groups in total. The fourth-order valence-electron chi connectivity index (χ4n) is 1.95. The summed E-state index contributed by atoms with van der Waals surface area (Å²) >= 11 is 1.09. The summed E-state index contributed by atoms with van der Waals surface area (Å²) in [7, 11) is 0. The van der Waals surface area contributed by atoms with E-state index >= 15 is 0 Å². The largest absolute Gasteiger partial charge is 0.477 e. The van der Waals surface area contributed by atoms with E-state index in [-0.39, 0.29) is 23.4 Å². The Morgan fingerprint density at radius 1 is 1.53 bits per heavy atom. The van der Waals surface area contributed by atoms with Crippen molar-refractivity contribution in [1.29, 1.82) is 0 Å². The first kappa shape index (κ1) is 14.0. The first-order valence-corrected chi connectivity index (χ1v) is 6.98. The topological polar surface area (TPSA) is 88.5 Å². The van der Waals surface area contributed by atoms with Crippen molar-refractivity contribution in [2.24, 2.45) is 0 Å². The van der Waals surface area contributed by atoms with E-state index in [1.807, 2.05) is 0 Å². The second-order valence-corrected chi connectivity index (χ2v) is 5.48. The molecule has 0 bridgehead atoms. The van der Waals surface area contributed by atoms with E-state index in [9.17, 15) is 9.59 Å². The molecule has 19 heavy (non-hydrogen) atoms. The average Bonchev–Trinajstić information content (AvgIpc) is 2.78. The molecule has 1 aromatic heterocycles. The van der Waals surface area contributed by atoms with Crippen LogP contribution in [0.5, 0.6) is 0 Å². The van der Waals surface area contributed by atoms with Crippen molar-refractivity contribution in [2.75, 3.05) is 6.61 Å². The van der Waals surface area contributed by atoms with Crippen molar-refractivity contribution in [3.8, 4) is 0 Å². The molecule has 2 rings (SSSR count). The Labute approximate surface area is 114 Å². The van der Waals surface area contributed by atoms with Crippen LogP contribution in [0.25, 0.3) is 0 Å². The Kier molecular flexibility index (Phi) is 4.49. The summed E-state index contributed by atoms with van der Waals surface area (Å²) in [5.74, 6) is -1.13. The van der Waals surface area contributed by atoms with Gasteiger partial charge in [0.25, 0.3) is 0 Å². The lowest BCUT2D eigenvalue weighted by Crippen LogP contribution is -2.37. The Morgan fingerprint density at radius 3 is 2.89 bits per heavy atom. The lowest BCUT2D eigenvalue weighted by molar-refractivity contribution is -0.135. The number of aromatic carboxylic acids is 1. The molecule has 0 spiro atoms. The fourth-order valence-corrected chi connectivity index (χ4v) is 2.79. The molecule has 1 atom stereocenters. The van der Waals surface area contributed by atoms with Crippen LogP contribution in [-0.4, -0.2) is 34.7 Å². The van der Waals surface area contributed by atoms with Gasteiger partial charge in [0.05, 0.1) is 12.2 Å². The normalized spacial score (nSPS) is 19.1. The van der Waals surface area contributed by atoms with Gasteiger partial charge in [-0.3, -0.25) is 4.79 Å². The van der Waals surface area contributed by atoms with Gasteiger partial charge in [-0.2, -0.15) is 0 Å². The van der Waals surface area contributed by atoms with Gasteiger partial charge >= 0.3 is 5.97 Å². The van der Waals surface area contributed by atoms with Gasteiger partial charge in [-0.1, -0.05) is 0 Å². The SMILES string of the molecule is Cc1nc(CNC(=O)C2CCCCO2)sc1C(=O)O. The number of nitrogens with one attached hydrogen (secondary N) is 1. The van der Waals surface area contributed by atoms with Gasteiger partial charge in [-0.25, -0.2) is 9.78 Å². The van der Waals surface area contributed by atoms with E-state index < -0.39 is 5.97 Å². The van der Waals surface area contributed by atoms with E-state index in [1.54, 1.807) is 6.92 Å². The Bertz CT molecular complexity index is 480. The van der Waals surface area contributed by atoms with Crippen molar-refractivity contribution < 1.29 is 19.4 Å². The van der Waals surface area contributed by atoms with E-state index in [0.29, 0.717) is 17.3 Å². The highest BCUT2D eigenvalue weighted by atomic mass is 32.1. The van der Waals surface area contributed by atoms with E-state index in [0.717, 1.165) is 30.6 Å². The smallest absolute Gasteiger partial charge is 0.347 e. The Balaban J connectivity index is 1.89. The van der Waals surface area contributed by atoms with Crippen LogP contribution < -0.4 is 5.32 Å². The molecule has 0 saturated carbocycles. The van der Waals surface area contributed by atoms with Crippen LogP contribution in [0.1, 0.15) is 39.6 Å². The van der Waals surface area contributed by atoms with E-state index in [4.69, 9.17) is 9.84 Å². The van der Waals surface area contributed by atoms with Gasteiger partial charge in [0, 0.05) is 6.61 Å². The minimum absolute atomic E-state index is 0.149. The molecule has 0 aliphatic carbocycles. The number of carbonyl (C=O) groups excluding carboxylic acids is 1. The first-order valence-electron chi connectivity index (χ1n) is 6.17. The second kappa shape index (κ2) is 6.12. The summed E-state index contributed by atoms with van der Waals surface area (Å²) in [6.07, 6.45) is 2.35. The van der Waals surface area contributed by atoms with Gasteiger partial charge < -0.3 is 15.2 Å². The highest BCUT2D eigenvalue weighted by Crippen LogP contribution is 2.18. The van der Waals surface area contributed by atoms with Crippen LogP contribution in [0, 0.1) is 6.92 Å². The molecule has 7 heteroatoms. The Morgan fingerprint density at radius 2 is 2.32 bits per heavy atom. The molecule has 6 nitrogen and oxygen atoms in total.